The third kappa shape index (κ3) is 2.06. The van der Waals surface area contributed by atoms with Gasteiger partial charge in [-0.3, -0.25) is 0 Å². The molecule has 0 aliphatic carbocycles. The van der Waals surface area contributed by atoms with Gasteiger partial charge >= 0.3 is 5.97 Å². The Labute approximate surface area is 76.6 Å². The van der Waals surface area contributed by atoms with Crippen molar-refractivity contribution in [3.63, 3.8) is 0 Å². The van der Waals surface area contributed by atoms with Crippen LogP contribution in [0.5, 0.6) is 0 Å². The van der Waals surface area contributed by atoms with Crippen molar-refractivity contribution >= 4 is 5.97 Å². The molecule has 3 nitrogen and oxygen atoms in total. The van der Waals surface area contributed by atoms with E-state index < -0.39 is 12.1 Å². The van der Waals surface area contributed by atoms with E-state index in [2.05, 4.69) is 0 Å². The molecule has 0 heterocycles. The summed E-state index contributed by atoms with van der Waals surface area (Å²) >= 11 is 0. The molecule has 0 aliphatic heterocycles. The largest absolute Gasteiger partial charge is 0.479 e. The molecule has 0 unspecified atom stereocenters. The lowest BCUT2D eigenvalue weighted by molar-refractivity contribution is -0.147. The fraction of sp³-hybridized carbons (Fsp3) is 0.300. The molecule has 1 aromatic carbocycles. The third-order valence-corrected chi connectivity index (χ3v) is 1.95. The van der Waals surface area contributed by atoms with Gasteiger partial charge in [0.25, 0.3) is 0 Å². The third-order valence-electron chi connectivity index (χ3n) is 1.95. The maximum Gasteiger partial charge on any atom is 0.337 e. The molecule has 0 saturated heterocycles. The van der Waals surface area contributed by atoms with Crippen molar-refractivity contribution in [1.29, 1.82) is 0 Å². The Balaban J connectivity index is 3.08. The number of aliphatic hydroxyl groups excluding tert-OH is 1. The Hall–Kier alpha value is -1.35. The van der Waals surface area contributed by atoms with Gasteiger partial charge in [-0.1, -0.05) is 23.8 Å². The fourth-order valence-electron chi connectivity index (χ4n) is 1.27. The summed E-state index contributed by atoms with van der Waals surface area (Å²) in [6, 6.07) is 5.28. The quantitative estimate of drug-likeness (QED) is 0.723. The van der Waals surface area contributed by atoms with Crippen LogP contribution < -0.4 is 0 Å². The fourth-order valence-corrected chi connectivity index (χ4v) is 1.27. The van der Waals surface area contributed by atoms with E-state index in [4.69, 9.17) is 5.11 Å². The van der Waals surface area contributed by atoms with Crippen LogP contribution in [0.15, 0.2) is 18.2 Å². The van der Waals surface area contributed by atoms with Crippen LogP contribution >= 0.6 is 0 Å². The van der Waals surface area contributed by atoms with Gasteiger partial charge in [-0.2, -0.15) is 0 Å². The van der Waals surface area contributed by atoms with Gasteiger partial charge in [0.2, 0.25) is 0 Å². The number of benzene rings is 1. The van der Waals surface area contributed by atoms with E-state index in [1.54, 1.807) is 19.1 Å². The van der Waals surface area contributed by atoms with Crippen molar-refractivity contribution in [3.8, 4) is 0 Å². The predicted octanol–water partition coefficient (Wildman–Crippen LogP) is 1.42. The zero-order valence-electron chi connectivity index (χ0n) is 7.61. The summed E-state index contributed by atoms with van der Waals surface area (Å²) in [5, 5.41) is 17.8. The summed E-state index contributed by atoms with van der Waals surface area (Å²) in [4.78, 5) is 10.5. The molecule has 0 fully saturated rings. The van der Waals surface area contributed by atoms with Crippen LogP contribution in [-0.2, 0) is 4.79 Å². The monoisotopic (exact) mass is 180 g/mol. The minimum atomic E-state index is -1.42. The summed E-state index contributed by atoms with van der Waals surface area (Å²) < 4.78 is 0. The van der Waals surface area contributed by atoms with Crippen LogP contribution in [0.1, 0.15) is 22.8 Å². The van der Waals surface area contributed by atoms with Crippen molar-refractivity contribution in [2.75, 3.05) is 0 Å². The number of aliphatic hydroxyl groups is 1. The first-order chi connectivity index (χ1) is 6.02. The first-order valence-electron chi connectivity index (χ1n) is 4.00. The van der Waals surface area contributed by atoms with Crippen molar-refractivity contribution in [2.45, 2.75) is 20.0 Å². The van der Waals surface area contributed by atoms with Crippen molar-refractivity contribution in [1.82, 2.24) is 0 Å². The number of hydrogen-bond acceptors (Lipinski definition) is 2. The highest BCUT2D eigenvalue weighted by Crippen LogP contribution is 2.18. The van der Waals surface area contributed by atoms with E-state index in [0.717, 1.165) is 11.1 Å². The topological polar surface area (TPSA) is 57.5 Å². The van der Waals surface area contributed by atoms with E-state index in [9.17, 15) is 9.90 Å². The molecule has 1 atom stereocenters. The number of rotatable bonds is 2. The first-order valence-corrected chi connectivity index (χ1v) is 4.00. The van der Waals surface area contributed by atoms with Gasteiger partial charge in [-0.05, 0) is 25.0 Å². The molecule has 0 aromatic heterocycles. The maximum absolute atomic E-state index is 10.5. The maximum atomic E-state index is 10.5. The van der Waals surface area contributed by atoms with Gasteiger partial charge in [0.15, 0.2) is 6.10 Å². The summed E-state index contributed by atoms with van der Waals surface area (Å²) in [5.41, 5.74) is 2.31. The highest BCUT2D eigenvalue weighted by atomic mass is 16.4. The van der Waals surface area contributed by atoms with E-state index >= 15 is 0 Å². The van der Waals surface area contributed by atoms with Crippen molar-refractivity contribution in [2.24, 2.45) is 0 Å². The van der Waals surface area contributed by atoms with Crippen molar-refractivity contribution in [3.05, 3.63) is 34.9 Å². The van der Waals surface area contributed by atoms with Crippen LogP contribution in [-0.4, -0.2) is 16.2 Å². The zero-order valence-corrected chi connectivity index (χ0v) is 7.61. The first kappa shape index (κ1) is 9.74. The second-order valence-corrected chi connectivity index (χ2v) is 3.10. The Morgan fingerprint density at radius 1 is 1.38 bits per heavy atom. The van der Waals surface area contributed by atoms with Crippen LogP contribution in [0.25, 0.3) is 0 Å². The Bertz CT molecular complexity index is 331. The zero-order chi connectivity index (χ0) is 10.0. The van der Waals surface area contributed by atoms with E-state index in [0.29, 0.717) is 5.56 Å². The Morgan fingerprint density at radius 2 is 2.00 bits per heavy atom. The number of carbonyl (C=O) groups is 1. The SMILES string of the molecule is Cc1ccc([C@H](O)C(=O)O)c(C)c1. The molecular formula is C10H12O3. The molecule has 0 bridgehead atoms. The Kier molecular flexibility index (Phi) is 2.68. The molecule has 0 amide bonds. The highest BCUT2D eigenvalue weighted by molar-refractivity contribution is 5.74. The van der Waals surface area contributed by atoms with Gasteiger partial charge in [0, 0.05) is 0 Å². The molecule has 1 rings (SSSR count). The molecule has 0 aliphatic rings. The standard InChI is InChI=1S/C10H12O3/c1-6-3-4-8(7(2)5-6)9(11)10(12)13/h3-5,9,11H,1-2H3,(H,12,13)/t9-/m0/s1. The molecule has 1 aromatic rings. The van der Waals surface area contributed by atoms with Crippen LogP contribution in [0.4, 0.5) is 0 Å². The van der Waals surface area contributed by atoms with Gasteiger partial charge in [-0.15, -0.1) is 0 Å². The van der Waals surface area contributed by atoms with E-state index in [1.807, 2.05) is 13.0 Å². The normalized spacial score (nSPS) is 12.5. The lowest BCUT2D eigenvalue weighted by Gasteiger charge is -2.09. The Morgan fingerprint density at radius 3 is 2.46 bits per heavy atom. The van der Waals surface area contributed by atoms with E-state index in [1.165, 1.54) is 0 Å². The molecule has 0 spiro atoms. The molecule has 0 saturated carbocycles. The molecule has 3 heteroatoms. The number of aliphatic carboxylic acids is 1. The number of carboxylic acids is 1. The molecule has 70 valence electrons. The van der Waals surface area contributed by atoms with Gasteiger partial charge in [0.1, 0.15) is 0 Å². The summed E-state index contributed by atoms with van der Waals surface area (Å²) in [7, 11) is 0. The minimum Gasteiger partial charge on any atom is -0.479 e. The smallest absolute Gasteiger partial charge is 0.337 e. The average molecular weight is 180 g/mol. The molecule has 2 N–H and O–H groups in total. The second kappa shape index (κ2) is 3.58. The lowest BCUT2D eigenvalue weighted by Crippen LogP contribution is -2.11. The van der Waals surface area contributed by atoms with Gasteiger partial charge in [0.05, 0.1) is 0 Å². The minimum absolute atomic E-state index is 0.457. The predicted molar refractivity (Wildman–Crippen MR) is 48.5 cm³/mol. The summed E-state index contributed by atoms with van der Waals surface area (Å²) in [5.74, 6) is -1.22. The number of hydrogen-bond donors (Lipinski definition) is 2. The van der Waals surface area contributed by atoms with Crippen LogP contribution in [0, 0.1) is 13.8 Å². The number of aryl methyl sites for hydroxylation is 2. The van der Waals surface area contributed by atoms with Crippen LogP contribution in [0.3, 0.4) is 0 Å². The molecular weight excluding hydrogens is 168 g/mol. The summed E-state index contributed by atoms with van der Waals surface area (Å²) in [6.07, 6.45) is -1.42. The second-order valence-electron chi connectivity index (χ2n) is 3.10. The van der Waals surface area contributed by atoms with Crippen molar-refractivity contribution < 1.29 is 15.0 Å². The molecule has 0 radical (unpaired) electrons. The van der Waals surface area contributed by atoms with Gasteiger partial charge in [-0.25, -0.2) is 4.79 Å². The van der Waals surface area contributed by atoms with E-state index in [-0.39, 0.29) is 0 Å². The number of carboxylic acid groups (broad SMARTS) is 1. The van der Waals surface area contributed by atoms with Crippen LogP contribution in [0.2, 0.25) is 0 Å². The molecule has 13 heavy (non-hydrogen) atoms. The summed E-state index contributed by atoms with van der Waals surface area (Å²) in [6.45, 7) is 3.71. The highest BCUT2D eigenvalue weighted by Gasteiger charge is 2.17. The average Bonchev–Trinajstić information content (AvgIpc) is 2.03. The van der Waals surface area contributed by atoms with Gasteiger partial charge < -0.3 is 10.2 Å². The lowest BCUT2D eigenvalue weighted by atomic mass is 10.0.